The van der Waals surface area contributed by atoms with Crippen molar-refractivity contribution in [2.24, 2.45) is 12.8 Å². The summed E-state index contributed by atoms with van der Waals surface area (Å²) in [5.74, 6) is -0.864. The summed E-state index contributed by atoms with van der Waals surface area (Å²) in [5, 5.41) is 20.8. The van der Waals surface area contributed by atoms with Crippen molar-refractivity contribution in [1.29, 1.82) is 5.26 Å². The molecule has 2 aromatic carbocycles. The third-order valence-electron chi connectivity index (χ3n) is 4.77. The van der Waals surface area contributed by atoms with Crippen LogP contribution in [0.5, 0.6) is 0 Å². The van der Waals surface area contributed by atoms with E-state index in [2.05, 4.69) is 11.4 Å². The van der Waals surface area contributed by atoms with E-state index < -0.39 is 23.7 Å². The summed E-state index contributed by atoms with van der Waals surface area (Å²) in [5.41, 5.74) is 9.66. The summed E-state index contributed by atoms with van der Waals surface area (Å²) >= 11 is 0. The molecule has 8 heteroatoms. The lowest BCUT2D eigenvalue weighted by atomic mass is 10.0. The molecule has 150 valence electrons. The lowest BCUT2D eigenvalue weighted by Gasteiger charge is -2.15. The number of carbonyl (C=O) groups is 1. The van der Waals surface area contributed by atoms with Crippen LogP contribution in [-0.4, -0.2) is 34.3 Å². The highest BCUT2D eigenvalue weighted by molar-refractivity contribution is 5.82. The summed E-state index contributed by atoms with van der Waals surface area (Å²) in [6, 6.07) is 13.6. The van der Waals surface area contributed by atoms with Crippen molar-refractivity contribution >= 4 is 17.0 Å². The number of nitrogens with one attached hydrogen (secondary N) is 1. The summed E-state index contributed by atoms with van der Waals surface area (Å²) in [6.07, 6.45) is 0.481. The van der Waals surface area contributed by atoms with E-state index in [1.807, 2.05) is 36.4 Å². The van der Waals surface area contributed by atoms with Crippen LogP contribution >= 0.6 is 0 Å². The molecule has 0 unspecified atom stereocenters. The molecular formula is C21H22N4O4. The highest BCUT2D eigenvalue weighted by Gasteiger charge is 2.18. The van der Waals surface area contributed by atoms with Crippen molar-refractivity contribution in [3.05, 3.63) is 58.6 Å². The van der Waals surface area contributed by atoms with Gasteiger partial charge in [-0.25, -0.2) is 4.79 Å². The molecule has 1 heterocycles. The molecule has 3 aromatic rings. The number of nitrogens with zero attached hydrogens (tertiary/aromatic N) is 2. The van der Waals surface area contributed by atoms with Gasteiger partial charge in [0.2, 0.25) is 5.91 Å². The highest BCUT2D eigenvalue weighted by Crippen LogP contribution is 2.24. The monoisotopic (exact) mass is 394 g/mol. The summed E-state index contributed by atoms with van der Waals surface area (Å²) in [7, 11) is 1.66. The fourth-order valence-electron chi connectivity index (χ4n) is 3.05. The molecule has 0 saturated carbocycles. The third-order valence-corrected chi connectivity index (χ3v) is 4.77. The molecule has 3 rings (SSSR count). The van der Waals surface area contributed by atoms with E-state index in [9.17, 15) is 14.9 Å². The van der Waals surface area contributed by atoms with Crippen LogP contribution < -0.4 is 16.8 Å². The van der Waals surface area contributed by atoms with Crippen molar-refractivity contribution in [2.75, 3.05) is 6.61 Å². The zero-order chi connectivity index (χ0) is 21.0. The highest BCUT2D eigenvalue weighted by atomic mass is 16.4. The van der Waals surface area contributed by atoms with E-state index in [-0.39, 0.29) is 13.0 Å². The number of aromatic nitrogens is 1. The molecule has 0 radical (unpaired) electrons. The first-order chi connectivity index (χ1) is 13.9. The quantitative estimate of drug-likeness (QED) is 0.548. The van der Waals surface area contributed by atoms with Gasteiger partial charge in [0.1, 0.15) is 6.04 Å². The Labute approximate surface area is 167 Å². The minimum absolute atomic E-state index is 0.144. The molecule has 4 N–H and O–H groups in total. The van der Waals surface area contributed by atoms with E-state index in [0.29, 0.717) is 17.5 Å². The van der Waals surface area contributed by atoms with Gasteiger partial charge in [-0.1, -0.05) is 30.3 Å². The van der Waals surface area contributed by atoms with Crippen molar-refractivity contribution in [1.82, 2.24) is 9.88 Å². The second-order valence-electron chi connectivity index (χ2n) is 6.82. The molecule has 0 aliphatic heterocycles. The number of amides is 1. The largest absolute Gasteiger partial charge is 0.419 e. The molecule has 0 spiro atoms. The van der Waals surface area contributed by atoms with Crippen LogP contribution in [0.4, 0.5) is 0 Å². The van der Waals surface area contributed by atoms with Crippen LogP contribution in [0.1, 0.15) is 12.0 Å². The average Bonchev–Trinajstić information content (AvgIpc) is 3.01. The topological polar surface area (TPSA) is 134 Å². The number of oxazole rings is 1. The molecule has 1 amide bonds. The number of hydrogen-bond acceptors (Lipinski definition) is 6. The summed E-state index contributed by atoms with van der Waals surface area (Å²) in [6.45, 7) is -0.188. The van der Waals surface area contributed by atoms with Gasteiger partial charge in [-0.15, -0.1) is 0 Å². The smallest absolute Gasteiger partial charge is 0.408 e. The number of fused-ring (bicyclic) bond motifs is 1. The maximum atomic E-state index is 11.9. The third kappa shape index (κ3) is 4.54. The van der Waals surface area contributed by atoms with Crippen molar-refractivity contribution in [3.63, 3.8) is 0 Å². The number of rotatable bonds is 7. The Morgan fingerprint density at radius 2 is 1.97 bits per heavy atom. The molecule has 0 aliphatic carbocycles. The zero-order valence-electron chi connectivity index (χ0n) is 16.0. The lowest BCUT2D eigenvalue weighted by molar-refractivity contribution is -0.123. The molecule has 8 nitrogen and oxygen atoms in total. The van der Waals surface area contributed by atoms with Crippen LogP contribution in [0, 0.1) is 11.3 Å². The number of nitrogens with two attached hydrogens (primary N) is 1. The van der Waals surface area contributed by atoms with Gasteiger partial charge in [-0.2, -0.15) is 5.26 Å². The molecule has 0 bridgehead atoms. The van der Waals surface area contributed by atoms with Gasteiger partial charge in [0.05, 0.1) is 17.6 Å². The van der Waals surface area contributed by atoms with Crippen molar-refractivity contribution < 1.29 is 14.3 Å². The molecular weight excluding hydrogens is 372 g/mol. The maximum absolute atomic E-state index is 11.9. The normalized spacial score (nSPS) is 13.0. The number of hydrogen-bond donors (Lipinski definition) is 3. The Bertz CT molecular complexity index is 1110. The van der Waals surface area contributed by atoms with Gasteiger partial charge in [-0.05, 0) is 35.2 Å². The first-order valence-electron chi connectivity index (χ1n) is 9.18. The van der Waals surface area contributed by atoms with Gasteiger partial charge < -0.3 is 20.6 Å². The molecule has 1 aromatic heterocycles. The standard InChI is InChI=1S/C21H22N4O4/c1-25-18-11-15(6-7-19(18)29-21(25)28)14-4-2-13(3-5-14)10-16(12-22)24-20(27)17(23)8-9-26/h2-7,11,16-17,26H,8-10,23H2,1H3,(H,24,27)/t16-,17+/m0/s1. The van der Waals surface area contributed by atoms with Crippen LogP contribution in [0.2, 0.25) is 0 Å². The maximum Gasteiger partial charge on any atom is 0.419 e. The predicted octanol–water partition coefficient (Wildman–Crippen LogP) is 1.06. The number of aliphatic hydroxyl groups is 1. The molecule has 0 saturated heterocycles. The average molecular weight is 394 g/mol. The van der Waals surface area contributed by atoms with E-state index >= 15 is 0 Å². The second kappa shape index (κ2) is 8.73. The van der Waals surface area contributed by atoms with Gasteiger partial charge >= 0.3 is 5.76 Å². The SMILES string of the molecule is Cn1c(=O)oc2ccc(-c3ccc(C[C@@H](C#N)NC(=O)[C@H](N)CCO)cc3)cc21. The number of benzene rings is 2. The number of nitriles is 1. The Morgan fingerprint density at radius 1 is 1.28 bits per heavy atom. The Morgan fingerprint density at radius 3 is 2.62 bits per heavy atom. The minimum Gasteiger partial charge on any atom is -0.408 e. The van der Waals surface area contributed by atoms with Crippen LogP contribution in [0.15, 0.2) is 51.7 Å². The Hall–Kier alpha value is -3.41. The first kappa shape index (κ1) is 20.3. The van der Waals surface area contributed by atoms with E-state index in [1.165, 1.54) is 4.57 Å². The fourth-order valence-corrected chi connectivity index (χ4v) is 3.05. The van der Waals surface area contributed by atoms with Gasteiger partial charge in [0.15, 0.2) is 5.58 Å². The summed E-state index contributed by atoms with van der Waals surface area (Å²) < 4.78 is 6.60. The van der Waals surface area contributed by atoms with Gasteiger partial charge in [0, 0.05) is 20.1 Å². The van der Waals surface area contributed by atoms with Crippen LogP contribution in [0.25, 0.3) is 22.2 Å². The van der Waals surface area contributed by atoms with Gasteiger partial charge in [0.25, 0.3) is 0 Å². The Balaban J connectivity index is 1.73. The number of aryl methyl sites for hydroxylation is 1. The van der Waals surface area contributed by atoms with Gasteiger partial charge in [-0.3, -0.25) is 9.36 Å². The van der Waals surface area contributed by atoms with Crippen molar-refractivity contribution in [3.8, 4) is 17.2 Å². The van der Waals surface area contributed by atoms with E-state index in [1.54, 1.807) is 13.1 Å². The first-order valence-corrected chi connectivity index (χ1v) is 9.18. The zero-order valence-corrected chi connectivity index (χ0v) is 16.0. The van der Waals surface area contributed by atoms with Crippen LogP contribution in [-0.2, 0) is 18.3 Å². The molecule has 0 fully saturated rings. The van der Waals surface area contributed by atoms with Crippen LogP contribution in [0.3, 0.4) is 0 Å². The molecule has 0 aliphatic rings. The minimum atomic E-state index is -0.841. The number of carbonyl (C=O) groups excluding carboxylic acids is 1. The predicted molar refractivity (Wildman–Crippen MR) is 108 cm³/mol. The lowest BCUT2D eigenvalue weighted by Crippen LogP contribution is -2.46. The second-order valence-corrected chi connectivity index (χ2v) is 6.82. The summed E-state index contributed by atoms with van der Waals surface area (Å²) in [4.78, 5) is 23.6. The van der Waals surface area contributed by atoms with E-state index in [0.717, 1.165) is 16.7 Å². The number of aliphatic hydroxyl groups excluding tert-OH is 1. The van der Waals surface area contributed by atoms with Crippen molar-refractivity contribution in [2.45, 2.75) is 24.9 Å². The molecule has 29 heavy (non-hydrogen) atoms. The van der Waals surface area contributed by atoms with E-state index in [4.69, 9.17) is 15.3 Å². The Kier molecular flexibility index (Phi) is 6.12. The fraction of sp³-hybridized carbons (Fsp3) is 0.286. The molecule has 2 atom stereocenters.